The van der Waals surface area contributed by atoms with Crippen molar-refractivity contribution in [2.45, 2.75) is 70.1 Å². The van der Waals surface area contributed by atoms with Gasteiger partial charge in [-0.25, -0.2) is 4.79 Å². The van der Waals surface area contributed by atoms with Gasteiger partial charge in [-0.15, -0.1) is 0 Å². The molecule has 1 aromatic heterocycles. The standard InChI is InChI=1S/C26H35N3O4/c1-16-11-21(23(27-14-16)18-7-9-33-10-8-18)28-25(31)29-24-19-12-17(15-32-4)5-6-20(19)26(2,3)13-22(24)30/h5-6,11-12,14,18,22,24,30H,7-10,13,15H2,1-4H3,(H2,28,29,31)/t22-,24-/m1/s1. The number of benzene rings is 1. The Morgan fingerprint density at radius 2 is 2.03 bits per heavy atom. The van der Waals surface area contributed by atoms with Gasteiger partial charge in [-0.2, -0.15) is 0 Å². The number of methoxy groups -OCH3 is 1. The van der Waals surface area contributed by atoms with Crippen LogP contribution in [0.15, 0.2) is 30.5 Å². The summed E-state index contributed by atoms with van der Waals surface area (Å²) in [5.74, 6) is 0.257. The summed E-state index contributed by atoms with van der Waals surface area (Å²) < 4.78 is 10.8. The van der Waals surface area contributed by atoms with E-state index in [1.165, 1.54) is 0 Å². The van der Waals surface area contributed by atoms with Gasteiger partial charge in [0.1, 0.15) is 0 Å². The van der Waals surface area contributed by atoms with Crippen LogP contribution in [0.4, 0.5) is 10.5 Å². The SMILES string of the molecule is COCc1ccc2c(c1)[C@@H](NC(=O)Nc1cc(C)cnc1C1CCOCC1)[C@H](O)CC2(C)C. The molecule has 0 saturated carbocycles. The first kappa shape index (κ1) is 23.7. The van der Waals surface area contributed by atoms with Gasteiger partial charge in [0.2, 0.25) is 0 Å². The number of aromatic nitrogens is 1. The number of nitrogens with one attached hydrogen (secondary N) is 2. The summed E-state index contributed by atoms with van der Waals surface area (Å²) >= 11 is 0. The molecular weight excluding hydrogens is 418 g/mol. The van der Waals surface area contributed by atoms with Gasteiger partial charge in [0.15, 0.2) is 0 Å². The minimum absolute atomic E-state index is 0.189. The Balaban J connectivity index is 1.58. The summed E-state index contributed by atoms with van der Waals surface area (Å²) in [6.07, 6.45) is 3.49. The van der Waals surface area contributed by atoms with E-state index in [2.05, 4.69) is 41.6 Å². The minimum Gasteiger partial charge on any atom is -0.391 e. The average molecular weight is 454 g/mol. The second-order valence-electron chi connectivity index (χ2n) is 9.92. The first-order valence-electron chi connectivity index (χ1n) is 11.7. The van der Waals surface area contributed by atoms with Crippen molar-refractivity contribution >= 4 is 11.7 Å². The van der Waals surface area contributed by atoms with Gasteiger partial charge < -0.3 is 25.2 Å². The van der Waals surface area contributed by atoms with E-state index in [0.717, 1.165) is 46.5 Å². The molecule has 1 saturated heterocycles. The predicted molar refractivity (Wildman–Crippen MR) is 127 cm³/mol. The quantitative estimate of drug-likeness (QED) is 0.626. The van der Waals surface area contributed by atoms with Gasteiger partial charge in [0.25, 0.3) is 0 Å². The first-order valence-corrected chi connectivity index (χ1v) is 11.7. The Morgan fingerprint density at radius 1 is 1.27 bits per heavy atom. The van der Waals surface area contributed by atoms with Crippen molar-refractivity contribution in [3.05, 3.63) is 58.4 Å². The van der Waals surface area contributed by atoms with Crippen LogP contribution in [0.3, 0.4) is 0 Å². The van der Waals surface area contributed by atoms with Gasteiger partial charge in [-0.05, 0) is 59.9 Å². The molecule has 2 amide bonds. The lowest BCUT2D eigenvalue weighted by atomic mass is 9.69. The van der Waals surface area contributed by atoms with E-state index < -0.39 is 12.1 Å². The number of anilines is 1. The fourth-order valence-electron chi connectivity index (χ4n) is 5.15. The molecule has 4 rings (SSSR count). The summed E-state index contributed by atoms with van der Waals surface area (Å²) in [7, 11) is 1.66. The third-order valence-corrected chi connectivity index (χ3v) is 6.79. The number of fused-ring (bicyclic) bond motifs is 1. The number of ether oxygens (including phenoxy) is 2. The van der Waals surface area contributed by atoms with E-state index in [0.29, 0.717) is 26.2 Å². The molecule has 0 radical (unpaired) electrons. The van der Waals surface area contributed by atoms with Crippen molar-refractivity contribution < 1.29 is 19.4 Å². The van der Waals surface area contributed by atoms with Crippen LogP contribution in [0.2, 0.25) is 0 Å². The van der Waals surface area contributed by atoms with E-state index >= 15 is 0 Å². The number of urea groups is 1. The Labute approximate surface area is 195 Å². The Bertz CT molecular complexity index is 1000. The third kappa shape index (κ3) is 5.21. The number of amides is 2. The maximum absolute atomic E-state index is 13.1. The fraction of sp³-hybridized carbons (Fsp3) is 0.538. The van der Waals surface area contributed by atoms with Crippen LogP contribution in [0.25, 0.3) is 0 Å². The second-order valence-corrected chi connectivity index (χ2v) is 9.92. The normalized spacial score (nSPS) is 22.5. The van der Waals surface area contributed by atoms with Crippen molar-refractivity contribution in [2.75, 3.05) is 25.6 Å². The molecule has 7 heteroatoms. The van der Waals surface area contributed by atoms with E-state index in [1.54, 1.807) is 7.11 Å². The van der Waals surface area contributed by atoms with Crippen molar-refractivity contribution in [3.8, 4) is 0 Å². The molecular formula is C26H35N3O4. The summed E-state index contributed by atoms with van der Waals surface area (Å²) in [6, 6.07) is 7.29. The fourth-order valence-corrected chi connectivity index (χ4v) is 5.15. The minimum atomic E-state index is -0.693. The molecule has 1 aliphatic heterocycles. The molecule has 33 heavy (non-hydrogen) atoms. The summed E-state index contributed by atoms with van der Waals surface area (Å²) in [6.45, 7) is 8.10. The number of aliphatic hydroxyl groups is 1. The van der Waals surface area contributed by atoms with Crippen molar-refractivity contribution in [3.63, 3.8) is 0 Å². The van der Waals surface area contributed by atoms with E-state index in [4.69, 9.17) is 9.47 Å². The zero-order valence-corrected chi connectivity index (χ0v) is 20.0. The number of nitrogens with zero attached hydrogens (tertiary/aromatic N) is 1. The lowest BCUT2D eigenvalue weighted by Crippen LogP contribution is -2.45. The monoisotopic (exact) mass is 453 g/mol. The van der Waals surface area contributed by atoms with Crippen molar-refractivity contribution in [1.82, 2.24) is 10.3 Å². The van der Waals surface area contributed by atoms with Gasteiger partial charge >= 0.3 is 6.03 Å². The largest absolute Gasteiger partial charge is 0.391 e. The van der Waals surface area contributed by atoms with E-state index in [1.807, 2.05) is 25.3 Å². The molecule has 2 heterocycles. The zero-order valence-electron chi connectivity index (χ0n) is 20.0. The average Bonchev–Trinajstić information content (AvgIpc) is 2.77. The van der Waals surface area contributed by atoms with Crippen LogP contribution < -0.4 is 10.6 Å². The topological polar surface area (TPSA) is 92.7 Å². The third-order valence-electron chi connectivity index (χ3n) is 6.79. The number of rotatable bonds is 5. The second kappa shape index (κ2) is 9.79. The molecule has 2 aromatic rings. The van der Waals surface area contributed by atoms with Crippen molar-refractivity contribution in [1.29, 1.82) is 0 Å². The van der Waals surface area contributed by atoms with Crippen LogP contribution in [-0.2, 0) is 21.5 Å². The molecule has 0 unspecified atom stereocenters. The van der Waals surface area contributed by atoms with Gasteiger partial charge in [0.05, 0.1) is 30.1 Å². The van der Waals surface area contributed by atoms with E-state index in [9.17, 15) is 9.90 Å². The molecule has 2 aliphatic rings. The highest BCUT2D eigenvalue weighted by atomic mass is 16.5. The Kier molecular flexibility index (Phi) is 7.02. The molecule has 178 valence electrons. The van der Waals surface area contributed by atoms with Crippen LogP contribution in [0.5, 0.6) is 0 Å². The highest BCUT2D eigenvalue weighted by Crippen LogP contribution is 2.42. The van der Waals surface area contributed by atoms with Gasteiger partial charge in [-0.1, -0.05) is 32.0 Å². The van der Waals surface area contributed by atoms with Crippen LogP contribution in [0, 0.1) is 6.92 Å². The predicted octanol–water partition coefficient (Wildman–Crippen LogP) is 4.34. The number of hydrogen-bond donors (Lipinski definition) is 3. The number of pyridine rings is 1. The molecule has 1 aromatic carbocycles. The molecule has 0 spiro atoms. The molecule has 7 nitrogen and oxygen atoms in total. The van der Waals surface area contributed by atoms with Gasteiger partial charge in [0, 0.05) is 32.4 Å². The number of aliphatic hydroxyl groups excluding tert-OH is 1. The number of aryl methyl sites for hydroxylation is 1. The maximum Gasteiger partial charge on any atom is 0.319 e. The Morgan fingerprint density at radius 3 is 2.76 bits per heavy atom. The maximum atomic E-state index is 13.1. The Hall–Kier alpha value is -2.48. The smallest absolute Gasteiger partial charge is 0.319 e. The summed E-state index contributed by atoms with van der Waals surface area (Å²) in [5, 5.41) is 17.0. The van der Waals surface area contributed by atoms with Crippen molar-refractivity contribution in [2.24, 2.45) is 0 Å². The highest BCUT2D eigenvalue weighted by molar-refractivity contribution is 5.90. The number of carbonyl (C=O) groups is 1. The zero-order chi connectivity index (χ0) is 23.6. The summed E-state index contributed by atoms with van der Waals surface area (Å²) in [5.41, 5.74) is 5.50. The molecule has 0 bridgehead atoms. The molecule has 1 aliphatic carbocycles. The lowest BCUT2D eigenvalue weighted by molar-refractivity contribution is 0.0845. The van der Waals surface area contributed by atoms with E-state index in [-0.39, 0.29) is 17.4 Å². The molecule has 1 fully saturated rings. The molecule has 2 atom stereocenters. The highest BCUT2D eigenvalue weighted by Gasteiger charge is 2.39. The molecule has 3 N–H and O–H groups in total. The van der Waals surface area contributed by atoms with Crippen LogP contribution in [0.1, 0.15) is 73.0 Å². The van der Waals surface area contributed by atoms with Crippen LogP contribution >= 0.6 is 0 Å². The first-order chi connectivity index (χ1) is 15.8. The van der Waals surface area contributed by atoms with Crippen LogP contribution in [-0.4, -0.2) is 42.5 Å². The van der Waals surface area contributed by atoms with Gasteiger partial charge in [-0.3, -0.25) is 4.98 Å². The summed E-state index contributed by atoms with van der Waals surface area (Å²) in [4.78, 5) is 17.8. The number of hydrogen-bond acceptors (Lipinski definition) is 5. The number of carbonyl (C=O) groups excluding carboxylic acids is 1. The lowest BCUT2D eigenvalue weighted by Gasteiger charge is -2.41.